The SMILES string of the molecule is COC(=O)Cc1ccc2[nH]c(C(C)O[Si](C)(C)C(C)(C)C)cc2c1. The van der Waals surface area contributed by atoms with E-state index in [-0.39, 0.29) is 17.1 Å². The summed E-state index contributed by atoms with van der Waals surface area (Å²) in [6, 6.07) is 8.12. The number of nitrogens with one attached hydrogen (secondary N) is 1. The highest BCUT2D eigenvalue weighted by molar-refractivity contribution is 6.74. The van der Waals surface area contributed by atoms with E-state index < -0.39 is 8.32 Å². The summed E-state index contributed by atoms with van der Waals surface area (Å²) in [6.45, 7) is 13.4. The highest BCUT2D eigenvalue weighted by Crippen LogP contribution is 2.39. The molecule has 1 unspecified atom stereocenters. The normalized spacial score (nSPS) is 14.0. The van der Waals surface area contributed by atoms with E-state index in [1.165, 1.54) is 7.11 Å². The van der Waals surface area contributed by atoms with Crippen molar-refractivity contribution in [2.24, 2.45) is 0 Å². The fourth-order valence-electron chi connectivity index (χ4n) is 2.45. The number of methoxy groups -OCH3 is 1. The maximum Gasteiger partial charge on any atom is 0.309 e. The molecule has 0 spiro atoms. The summed E-state index contributed by atoms with van der Waals surface area (Å²) in [6.07, 6.45) is 0.311. The Morgan fingerprint density at radius 3 is 2.50 bits per heavy atom. The quantitative estimate of drug-likeness (QED) is 0.614. The molecule has 0 bridgehead atoms. The minimum Gasteiger partial charge on any atom is -0.469 e. The number of aromatic amines is 1. The minimum atomic E-state index is -1.82. The van der Waals surface area contributed by atoms with E-state index in [0.29, 0.717) is 6.42 Å². The van der Waals surface area contributed by atoms with Crippen LogP contribution in [0.5, 0.6) is 0 Å². The second-order valence-corrected chi connectivity index (χ2v) is 12.7. The molecule has 24 heavy (non-hydrogen) atoms. The zero-order valence-electron chi connectivity index (χ0n) is 15.8. The van der Waals surface area contributed by atoms with Gasteiger partial charge >= 0.3 is 5.97 Å². The first-order chi connectivity index (χ1) is 11.0. The zero-order valence-corrected chi connectivity index (χ0v) is 16.8. The molecule has 0 aliphatic carbocycles. The van der Waals surface area contributed by atoms with E-state index in [1.807, 2.05) is 18.2 Å². The van der Waals surface area contributed by atoms with E-state index >= 15 is 0 Å². The number of carbonyl (C=O) groups is 1. The van der Waals surface area contributed by atoms with Gasteiger partial charge in [0.25, 0.3) is 0 Å². The van der Waals surface area contributed by atoms with E-state index in [0.717, 1.165) is 22.2 Å². The Labute approximate surface area is 145 Å². The number of benzene rings is 1. The van der Waals surface area contributed by atoms with Crippen LogP contribution in [0.25, 0.3) is 10.9 Å². The smallest absolute Gasteiger partial charge is 0.309 e. The van der Waals surface area contributed by atoms with Gasteiger partial charge in [-0.2, -0.15) is 0 Å². The molecule has 1 atom stereocenters. The van der Waals surface area contributed by atoms with Crippen LogP contribution >= 0.6 is 0 Å². The summed E-state index contributed by atoms with van der Waals surface area (Å²) < 4.78 is 11.2. The summed E-state index contributed by atoms with van der Waals surface area (Å²) in [7, 11) is -0.407. The van der Waals surface area contributed by atoms with Crippen molar-refractivity contribution in [3.8, 4) is 0 Å². The van der Waals surface area contributed by atoms with Crippen LogP contribution < -0.4 is 0 Å². The Hall–Kier alpha value is -1.59. The van der Waals surface area contributed by atoms with Crippen molar-refractivity contribution in [3.05, 3.63) is 35.5 Å². The van der Waals surface area contributed by atoms with E-state index in [2.05, 4.69) is 51.8 Å². The van der Waals surface area contributed by atoms with Crippen molar-refractivity contribution in [1.82, 2.24) is 4.98 Å². The van der Waals surface area contributed by atoms with E-state index in [1.54, 1.807) is 0 Å². The number of ether oxygens (including phenoxy) is 1. The molecule has 0 aliphatic heterocycles. The Bertz CT molecular complexity index is 728. The summed E-state index contributed by atoms with van der Waals surface area (Å²) in [5.74, 6) is -0.222. The Morgan fingerprint density at radius 1 is 1.25 bits per heavy atom. The number of esters is 1. The Morgan fingerprint density at radius 2 is 1.92 bits per heavy atom. The van der Waals surface area contributed by atoms with Gasteiger partial charge in [-0.15, -0.1) is 0 Å². The van der Waals surface area contributed by atoms with Crippen LogP contribution in [0.4, 0.5) is 0 Å². The second-order valence-electron chi connectivity index (χ2n) is 7.92. The summed E-state index contributed by atoms with van der Waals surface area (Å²) in [5.41, 5.74) is 3.09. The number of carbonyl (C=O) groups excluding carboxylic acids is 1. The maximum atomic E-state index is 11.4. The van der Waals surface area contributed by atoms with Crippen molar-refractivity contribution in [2.75, 3.05) is 7.11 Å². The molecule has 0 fully saturated rings. The number of hydrogen-bond acceptors (Lipinski definition) is 3. The lowest BCUT2D eigenvalue weighted by atomic mass is 10.1. The Balaban J connectivity index is 2.22. The molecule has 0 saturated heterocycles. The number of aromatic nitrogens is 1. The van der Waals surface area contributed by atoms with E-state index in [4.69, 9.17) is 9.16 Å². The average molecular weight is 348 g/mol. The van der Waals surface area contributed by atoms with Crippen LogP contribution in [0.3, 0.4) is 0 Å². The van der Waals surface area contributed by atoms with Gasteiger partial charge in [0.15, 0.2) is 8.32 Å². The molecule has 2 aromatic rings. The predicted octanol–water partition coefficient (Wildman–Crippen LogP) is 4.97. The van der Waals surface area contributed by atoms with Crippen molar-refractivity contribution in [3.63, 3.8) is 0 Å². The van der Waals surface area contributed by atoms with E-state index in [9.17, 15) is 4.79 Å². The van der Waals surface area contributed by atoms with Gasteiger partial charge in [-0.25, -0.2) is 0 Å². The molecule has 5 heteroatoms. The molecule has 0 aliphatic rings. The van der Waals surface area contributed by atoms with Crippen molar-refractivity contribution < 1.29 is 14.0 Å². The van der Waals surface area contributed by atoms with Gasteiger partial charge in [0, 0.05) is 16.6 Å². The lowest BCUT2D eigenvalue weighted by Gasteiger charge is -2.38. The lowest BCUT2D eigenvalue weighted by molar-refractivity contribution is -0.139. The molecule has 4 nitrogen and oxygen atoms in total. The highest BCUT2D eigenvalue weighted by Gasteiger charge is 2.38. The van der Waals surface area contributed by atoms with Crippen LogP contribution in [0.1, 0.15) is 45.1 Å². The molecule has 1 aromatic carbocycles. The molecule has 0 radical (unpaired) electrons. The topological polar surface area (TPSA) is 51.3 Å². The third kappa shape index (κ3) is 4.08. The lowest BCUT2D eigenvalue weighted by Crippen LogP contribution is -2.41. The molecule has 132 valence electrons. The third-order valence-corrected chi connectivity index (χ3v) is 9.55. The first-order valence-corrected chi connectivity index (χ1v) is 11.3. The molecule has 1 aromatic heterocycles. The molecule has 1 N–H and O–H groups in total. The maximum absolute atomic E-state index is 11.4. The van der Waals surface area contributed by atoms with Crippen molar-refractivity contribution in [2.45, 2.75) is 58.4 Å². The number of H-pyrrole nitrogens is 1. The zero-order chi connectivity index (χ0) is 18.1. The van der Waals surface area contributed by atoms with Crippen molar-refractivity contribution in [1.29, 1.82) is 0 Å². The summed E-state index contributed by atoms with van der Waals surface area (Å²) in [5, 5.41) is 1.28. The standard InChI is InChI=1S/C19H29NO3Si/c1-13(23-24(6,7)19(2,3)4)17-12-15-10-14(11-18(21)22-5)8-9-16(15)20-17/h8-10,12-13,20H,11H2,1-7H3. The fraction of sp³-hybridized carbons (Fsp3) is 0.526. The minimum absolute atomic E-state index is 0.0161. The molecule has 1 heterocycles. The van der Waals surface area contributed by atoms with Crippen LogP contribution in [0.15, 0.2) is 24.3 Å². The largest absolute Gasteiger partial charge is 0.469 e. The van der Waals surface area contributed by atoms with Gasteiger partial charge in [0.05, 0.1) is 19.6 Å². The van der Waals surface area contributed by atoms with Crippen LogP contribution in [0.2, 0.25) is 18.1 Å². The first kappa shape index (κ1) is 18.7. The Kier molecular flexibility index (Phi) is 5.25. The monoisotopic (exact) mass is 347 g/mol. The number of fused-ring (bicyclic) bond motifs is 1. The van der Waals surface area contributed by atoms with Gasteiger partial charge in [-0.1, -0.05) is 26.8 Å². The van der Waals surface area contributed by atoms with Gasteiger partial charge in [0.1, 0.15) is 0 Å². The third-order valence-electron chi connectivity index (χ3n) is 5.00. The van der Waals surface area contributed by atoms with Gasteiger partial charge in [-0.3, -0.25) is 4.79 Å². The fourth-order valence-corrected chi connectivity index (χ4v) is 3.82. The van der Waals surface area contributed by atoms with Gasteiger partial charge in [0.2, 0.25) is 0 Å². The predicted molar refractivity (Wildman–Crippen MR) is 101 cm³/mol. The summed E-state index contributed by atoms with van der Waals surface area (Å²) >= 11 is 0. The highest BCUT2D eigenvalue weighted by atomic mass is 28.4. The van der Waals surface area contributed by atoms with Crippen molar-refractivity contribution >= 4 is 25.2 Å². The van der Waals surface area contributed by atoms with Crippen LogP contribution in [-0.4, -0.2) is 26.4 Å². The van der Waals surface area contributed by atoms with Gasteiger partial charge < -0.3 is 14.1 Å². The molecular weight excluding hydrogens is 318 g/mol. The average Bonchev–Trinajstić information content (AvgIpc) is 2.88. The number of rotatable bonds is 5. The first-order valence-electron chi connectivity index (χ1n) is 8.39. The number of hydrogen-bond donors (Lipinski definition) is 1. The molecule has 0 amide bonds. The molecule has 2 rings (SSSR count). The van der Waals surface area contributed by atoms with Crippen LogP contribution in [0, 0.1) is 0 Å². The molecular formula is C19H29NO3Si. The van der Waals surface area contributed by atoms with Gasteiger partial charge in [-0.05, 0) is 48.8 Å². The van der Waals surface area contributed by atoms with Crippen LogP contribution in [-0.2, 0) is 20.4 Å². The molecule has 0 saturated carbocycles. The summed E-state index contributed by atoms with van der Waals surface area (Å²) in [4.78, 5) is 14.9. The second kappa shape index (κ2) is 6.73.